The number of benzene rings is 1. The lowest BCUT2D eigenvalue weighted by molar-refractivity contribution is -0.122. The van der Waals surface area contributed by atoms with Gasteiger partial charge in [-0.2, -0.15) is 0 Å². The fourth-order valence-corrected chi connectivity index (χ4v) is 2.79. The fraction of sp³-hybridized carbons (Fsp3) is 0.471. The Hall–Kier alpha value is -2.57. The maximum Gasteiger partial charge on any atom is 0.318 e. The fourth-order valence-electron chi connectivity index (χ4n) is 2.79. The van der Waals surface area contributed by atoms with Crippen LogP contribution in [0.15, 0.2) is 28.7 Å². The summed E-state index contributed by atoms with van der Waals surface area (Å²) in [6, 6.07) is 8.10. The van der Waals surface area contributed by atoms with Crippen molar-refractivity contribution in [3.8, 4) is 17.2 Å². The third-order valence-electron chi connectivity index (χ3n) is 4.16. The maximum absolute atomic E-state index is 11.2. The molecule has 1 fully saturated rings. The van der Waals surface area contributed by atoms with Gasteiger partial charge in [0, 0.05) is 19.0 Å². The highest BCUT2D eigenvalue weighted by Crippen LogP contribution is 2.31. The number of primary amides is 1. The standard InChI is InChI=1S/C17H22N4O3/c1-2-11-23-14-6-4-3-5-13(14)16-19-20-17(24-16)21-9-7-12(8-10-21)15(18)22/h3-6,12H,2,7-11H2,1H3,(H2,18,22). The summed E-state index contributed by atoms with van der Waals surface area (Å²) < 4.78 is 11.6. The topological polar surface area (TPSA) is 94.5 Å². The van der Waals surface area contributed by atoms with Crippen molar-refractivity contribution in [1.82, 2.24) is 10.2 Å². The highest BCUT2D eigenvalue weighted by atomic mass is 16.5. The first-order valence-electron chi connectivity index (χ1n) is 8.29. The van der Waals surface area contributed by atoms with Gasteiger partial charge in [0.05, 0.1) is 12.2 Å². The molecule has 0 saturated carbocycles. The van der Waals surface area contributed by atoms with Gasteiger partial charge in [0.15, 0.2) is 0 Å². The Labute approximate surface area is 140 Å². The van der Waals surface area contributed by atoms with Gasteiger partial charge >= 0.3 is 6.01 Å². The van der Waals surface area contributed by atoms with Gasteiger partial charge in [-0.25, -0.2) is 0 Å². The number of hydrogen-bond acceptors (Lipinski definition) is 6. The highest BCUT2D eigenvalue weighted by molar-refractivity contribution is 5.76. The predicted molar refractivity (Wildman–Crippen MR) is 89.7 cm³/mol. The van der Waals surface area contributed by atoms with Crippen LogP contribution in [0.1, 0.15) is 26.2 Å². The maximum atomic E-state index is 11.2. The van der Waals surface area contributed by atoms with E-state index in [1.54, 1.807) is 0 Å². The summed E-state index contributed by atoms with van der Waals surface area (Å²) in [5.74, 6) is 0.880. The van der Waals surface area contributed by atoms with Crippen molar-refractivity contribution in [2.75, 3.05) is 24.6 Å². The summed E-state index contributed by atoms with van der Waals surface area (Å²) >= 11 is 0. The van der Waals surface area contributed by atoms with Crippen LogP contribution in [0.5, 0.6) is 5.75 Å². The van der Waals surface area contributed by atoms with Gasteiger partial charge in [-0.3, -0.25) is 4.79 Å². The van der Waals surface area contributed by atoms with E-state index in [9.17, 15) is 4.79 Å². The van der Waals surface area contributed by atoms with Crippen molar-refractivity contribution < 1.29 is 13.9 Å². The largest absolute Gasteiger partial charge is 0.493 e. The average Bonchev–Trinajstić information content (AvgIpc) is 3.10. The molecule has 0 aliphatic carbocycles. The number of piperidine rings is 1. The molecule has 1 saturated heterocycles. The lowest BCUT2D eigenvalue weighted by atomic mass is 9.97. The minimum atomic E-state index is -0.233. The van der Waals surface area contributed by atoms with Crippen LogP contribution in [0.25, 0.3) is 11.5 Å². The Morgan fingerprint density at radius 1 is 1.33 bits per heavy atom. The Morgan fingerprint density at radius 3 is 2.79 bits per heavy atom. The summed E-state index contributed by atoms with van der Waals surface area (Å²) in [7, 11) is 0. The zero-order valence-electron chi connectivity index (χ0n) is 13.8. The summed E-state index contributed by atoms with van der Waals surface area (Å²) in [6.07, 6.45) is 2.35. The Kier molecular flexibility index (Phi) is 4.98. The summed E-state index contributed by atoms with van der Waals surface area (Å²) in [6.45, 7) is 4.06. The molecule has 1 amide bonds. The van der Waals surface area contributed by atoms with Gasteiger partial charge in [0.2, 0.25) is 5.91 Å². The number of para-hydroxylation sites is 1. The summed E-state index contributed by atoms with van der Waals surface area (Å²) in [4.78, 5) is 13.2. The van der Waals surface area contributed by atoms with Crippen molar-refractivity contribution in [1.29, 1.82) is 0 Å². The van der Waals surface area contributed by atoms with E-state index in [-0.39, 0.29) is 11.8 Å². The molecular formula is C17H22N4O3. The second kappa shape index (κ2) is 7.33. The number of rotatable bonds is 6. The van der Waals surface area contributed by atoms with Crippen molar-refractivity contribution in [3.05, 3.63) is 24.3 Å². The molecule has 7 heteroatoms. The molecule has 0 radical (unpaired) electrons. The summed E-state index contributed by atoms with van der Waals surface area (Å²) in [5.41, 5.74) is 6.15. The van der Waals surface area contributed by atoms with Gasteiger partial charge in [-0.05, 0) is 31.4 Å². The van der Waals surface area contributed by atoms with E-state index in [4.69, 9.17) is 14.9 Å². The molecule has 0 spiro atoms. The smallest absolute Gasteiger partial charge is 0.318 e. The Morgan fingerprint density at radius 2 is 2.08 bits per heavy atom. The number of hydrogen-bond donors (Lipinski definition) is 1. The molecule has 2 aromatic rings. The van der Waals surface area contributed by atoms with Crippen molar-refractivity contribution in [2.24, 2.45) is 11.7 Å². The van der Waals surface area contributed by atoms with E-state index >= 15 is 0 Å². The van der Waals surface area contributed by atoms with Gasteiger partial charge < -0.3 is 19.8 Å². The minimum absolute atomic E-state index is 0.0631. The molecule has 0 atom stereocenters. The van der Waals surface area contributed by atoms with Crippen LogP contribution < -0.4 is 15.4 Å². The molecule has 1 aliphatic rings. The molecular weight excluding hydrogens is 308 g/mol. The Balaban J connectivity index is 1.74. The molecule has 2 N–H and O–H groups in total. The van der Waals surface area contributed by atoms with E-state index in [1.165, 1.54) is 0 Å². The lowest BCUT2D eigenvalue weighted by Crippen LogP contribution is -2.38. The Bertz CT molecular complexity index is 693. The van der Waals surface area contributed by atoms with Gasteiger partial charge in [-0.1, -0.05) is 24.2 Å². The van der Waals surface area contributed by atoms with Crippen LogP contribution in [0.4, 0.5) is 6.01 Å². The van der Waals surface area contributed by atoms with Crippen molar-refractivity contribution in [3.63, 3.8) is 0 Å². The quantitative estimate of drug-likeness (QED) is 0.873. The number of nitrogens with two attached hydrogens (primary N) is 1. The normalized spacial score (nSPS) is 15.5. The first kappa shape index (κ1) is 16.3. The number of amides is 1. The van der Waals surface area contributed by atoms with Crippen molar-refractivity contribution >= 4 is 11.9 Å². The first-order chi connectivity index (χ1) is 11.7. The molecule has 0 bridgehead atoms. The van der Waals surface area contributed by atoms with Crippen LogP contribution in [-0.2, 0) is 4.79 Å². The second-order valence-corrected chi connectivity index (χ2v) is 5.90. The SMILES string of the molecule is CCCOc1ccccc1-c1nnc(N2CCC(C(N)=O)CC2)o1. The minimum Gasteiger partial charge on any atom is -0.493 e. The monoisotopic (exact) mass is 330 g/mol. The molecule has 128 valence electrons. The molecule has 24 heavy (non-hydrogen) atoms. The summed E-state index contributed by atoms with van der Waals surface area (Å²) in [5, 5.41) is 8.30. The molecule has 1 aromatic heterocycles. The molecule has 2 heterocycles. The van der Waals surface area contributed by atoms with Gasteiger partial charge in [0.25, 0.3) is 5.89 Å². The highest BCUT2D eigenvalue weighted by Gasteiger charge is 2.26. The predicted octanol–water partition coefficient (Wildman–Crippen LogP) is 2.23. The number of anilines is 1. The zero-order valence-corrected chi connectivity index (χ0v) is 13.8. The van der Waals surface area contributed by atoms with Crippen LogP contribution in [0.3, 0.4) is 0 Å². The van der Waals surface area contributed by atoms with Gasteiger partial charge in [0.1, 0.15) is 5.75 Å². The second-order valence-electron chi connectivity index (χ2n) is 5.90. The number of nitrogens with zero attached hydrogens (tertiary/aromatic N) is 3. The zero-order chi connectivity index (χ0) is 16.9. The number of ether oxygens (including phenoxy) is 1. The molecule has 0 unspecified atom stereocenters. The van der Waals surface area contributed by atoms with E-state index < -0.39 is 0 Å². The van der Waals surface area contributed by atoms with E-state index in [1.807, 2.05) is 29.2 Å². The molecule has 7 nitrogen and oxygen atoms in total. The van der Waals surface area contributed by atoms with Crippen LogP contribution in [0, 0.1) is 5.92 Å². The van der Waals surface area contributed by atoms with E-state index in [0.29, 0.717) is 44.4 Å². The number of carbonyl (C=O) groups excluding carboxylic acids is 1. The molecule has 1 aliphatic heterocycles. The van der Waals surface area contributed by atoms with Crippen molar-refractivity contribution in [2.45, 2.75) is 26.2 Å². The van der Waals surface area contributed by atoms with Crippen LogP contribution in [-0.4, -0.2) is 35.8 Å². The molecule has 3 rings (SSSR count). The van der Waals surface area contributed by atoms with E-state index in [0.717, 1.165) is 17.7 Å². The van der Waals surface area contributed by atoms with Crippen LogP contribution in [0.2, 0.25) is 0 Å². The van der Waals surface area contributed by atoms with Crippen LogP contribution >= 0.6 is 0 Å². The van der Waals surface area contributed by atoms with E-state index in [2.05, 4.69) is 17.1 Å². The molecule has 1 aromatic carbocycles. The third-order valence-corrected chi connectivity index (χ3v) is 4.16. The third kappa shape index (κ3) is 3.50. The lowest BCUT2D eigenvalue weighted by Gasteiger charge is -2.28. The number of aromatic nitrogens is 2. The first-order valence-corrected chi connectivity index (χ1v) is 8.29. The van der Waals surface area contributed by atoms with Gasteiger partial charge in [-0.15, -0.1) is 5.10 Å². The number of carbonyl (C=O) groups is 1. The average molecular weight is 330 g/mol.